The summed E-state index contributed by atoms with van der Waals surface area (Å²) >= 11 is 6.46. The number of aromatic carboxylic acids is 1. The van der Waals surface area contributed by atoms with E-state index in [2.05, 4.69) is 10.4 Å². The van der Waals surface area contributed by atoms with E-state index < -0.39 is 23.0 Å². The van der Waals surface area contributed by atoms with Crippen LogP contribution < -0.4 is 10.9 Å². The molecule has 9 heteroatoms. The van der Waals surface area contributed by atoms with Crippen molar-refractivity contribution in [1.82, 2.24) is 9.78 Å². The number of hydrogen-bond donors (Lipinski definition) is 3. The Balaban J connectivity index is 1.48. The smallest absolute Gasteiger partial charge is 0.335 e. The van der Waals surface area contributed by atoms with E-state index in [4.69, 9.17) is 11.6 Å². The highest BCUT2D eigenvalue weighted by Gasteiger charge is 2.59. The Morgan fingerprint density at radius 2 is 1.91 bits per heavy atom. The molecule has 4 aliphatic rings. The molecule has 0 saturated heterocycles. The van der Waals surface area contributed by atoms with Gasteiger partial charge in [0.25, 0.3) is 5.56 Å². The SMILES string of the molecule is O=C(O)CC12C[C@@H]3C[C@@H](C1)CC(n1ncc(Nc4cccc(C(=O)O)c4)c(Cl)c1=O)(C3)C2. The van der Waals surface area contributed by atoms with Crippen molar-refractivity contribution in [3.8, 4) is 0 Å². The van der Waals surface area contributed by atoms with E-state index in [0.717, 1.165) is 32.1 Å². The molecule has 4 fully saturated rings. The molecule has 1 heterocycles. The molecule has 0 spiro atoms. The Morgan fingerprint density at radius 3 is 2.56 bits per heavy atom. The number of aliphatic carboxylic acids is 1. The summed E-state index contributed by atoms with van der Waals surface area (Å²) in [5, 5.41) is 26.2. The van der Waals surface area contributed by atoms with E-state index in [9.17, 15) is 24.6 Å². The van der Waals surface area contributed by atoms with Gasteiger partial charge in [-0.2, -0.15) is 5.10 Å². The van der Waals surface area contributed by atoms with E-state index in [1.165, 1.54) is 23.0 Å². The van der Waals surface area contributed by atoms with Crippen molar-refractivity contribution in [3.05, 3.63) is 51.4 Å². The van der Waals surface area contributed by atoms with Crippen molar-refractivity contribution in [1.29, 1.82) is 0 Å². The molecule has 0 unspecified atom stereocenters. The molecule has 0 amide bonds. The molecular formula is C23H24ClN3O5. The third-order valence-corrected chi connectivity index (χ3v) is 7.80. The number of halogens is 1. The zero-order valence-corrected chi connectivity index (χ0v) is 18.1. The average molecular weight is 458 g/mol. The van der Waals surface area contributed by atoms with Crippen LogP contribution in [0.1, 0.15) is 55.3 Å². The third-order valence-electron chi connectivity index (χ3n) is 7.43. The Hall–Kier alpha value is -2.87. The highest BCUT2D eigenvalue weighted by atomic mass is 35.5. The molecule has 6 rings (SSSR count). The van der Waals surface area contributed by atoms with Crippen LogP contribution in [0.15, 0.2) is 35.3 Å². The van der Waals surface area contributed by atoms with Crippen LogP contribution in [0.2, 0.25) is 5.02 Å². The standard InChI is InChI=1S/C23H24ClN3O5/c24-19-17(26-16-3-1-2-15(5-16)21(31)32)11-25-27(20(19)30)23-8-13-4-14(9-23)7-22(6-13,12-23)10-18(28)29/h1-3,5,11,13-14,26H,4,6-10,12H2,(H,28,29)(H,31,32)/t13-,14-,22?,23?/m0/s1. The molecule has 2 aromatic rings. The van der Waals surface area contributed by atoms with Gasteiger partial charge in [0, 0.05) is 5.69 Å². The molecule has 0 aliphatic heterocycles. The van der Waals surface area contributed by atoms with Gasteiger partial charge in [0.05, 0.1) is 29.4 Å². The Kier molecular flexibility index (Phi) is 4.81. The highest BCUT2D eigenvalue weighted by molar-refractivity contribution is 6.33. The lowest BCUT2D eigenvalue weighted by Gasteiger charge is -2.61. The van der Waals surface area contributed by atoms with Gasteiger partial charge in [-0.3, -0.25) is 9.59 Å². The fraction of sp³-hybridized carbons (Fsp3) is 0.478. The summed E-state index contributed by atoms with van der Waals surface area (Å²) in [4.78, 5) is 36.1. The molecule has 0 radical (unpaired) electrons. The molecule has 4 saturated carbocycles. The van der Waals surface area contributed by atoms with Crippen LogP contribution in [0, 0.1) is 17.3 Å². The van der Waals surface area contributed by atoms with Crippen LogP contribution in [-0.4, -0.2) is 31.9 Å². The zero-order chi connectivity index (χ0) is 22.7. The maximum Gasteiger partial charge on any atom is 0.335 e. The van der Waals surface area contributed by atoms with Gasteiger partial charge in [-0.15, -0.1) is 0 Å². The Labute approximate surface area is 189 Å². The number of carboxylic acids is 2. The van der Waals surface area contributed by atoms with E-state index in [1.54, 1.807) is 12.1 Å². The second-order valence-corrected chi connectivity index (χ2v) is 10.2. The molecule has 1 aromatic heterocycles. The largest absolute Gasteiger partial charge is 0.481 e. The van der Waals surface area contributed by atoms with Gasteiger partial charge in [-0.25, -0.2) is 9.48 Å². The first kappa shape index (κ1) is 21.0. The van der Waals surface area contributed by atoms with Crippen molar-refractivity contribution in [2.45, 2.75) is 50.5 Å². The Bertz CT molecular complexity index is 1160. The van der Waals surface area contributed by atoms with Crippen LogP contribution >= 0.6 is 11.6 Å². The van der Waals surface area contributed by atoms with Gasteiger partial charge in [-0.05, 0) is 74.0 Å². The second kappa shape index (κ2) is 7.33. The first-order valence-corrected chi connectivity index (χ1v) is 11.2. The van der Waals surface area contributed by atoms with Crippen LogP contribution in [0.5, 0.6) is 0 Å². The number of anilines is 2. The van der Waals surface area contributed by atoms with E-state index in [1.807, 2.05) is 0 Å². The third kappa shape index (κ3) is 3.46. The van der Waals surface area contributed by atoms with Crippen molar-refractivity contribution >= 4 is 34.9 Å². The van der Waals surface area contributed by atoms with Crippen molar-refractivity contribution in [3.63, 3.8) is 0 Å². The number of benzene rings is 1. The number of rotatable bonds is 6. The normalized spacial score (nSPS) is 30.3. The minimum Gasteiger partial charge on any atom is -0.481 e. The van der Waals surface area contributed by atoms with Gasteiger partial charge >= 0.3 is 11.9 Å². The molecule has 3 N–H and O–H groups in total. The lowest BCUT2D eigenvalue weighted by atomic mass is 9.46. The number of nitrogens with one attached hydrogen (secondary N) is 1. The molecule has 4 bridgehead atoms. The monoisotopic (exact) mass is 457 g/mol. The molecular weight excluding hydrogens is 434 g/mol. The summed E-state index contributed by atoms with van der Waals surface area (Å²) in [6.07, 6.45) is 6.80. The summed E-state index contributed by atoms with van der Waals surface area (Å²) in [5.74, 6) is -1.03. The summed E-state index contributed by atoms with van der Waals surface area (Å²) in [5.41, 5.74) is -0.274. The molecule has 32 heavy (non-hydrogen) atoms. The minimum atomic E-state index is -1.05. The van der Waals surface area contributed by atoms with Crippen molar-refractivity contribution < 1.29 is 19.8 Å². The minimum absolute atomic E-state index is 0.0104. The fourth-order valence-corrected chi connectivity index (χ4v) is 7.10. The molecule has 1 aromatic carbocycles. The lowest BCUT2D eigenvalue weighted by molar-refractivity contribution is -0.151. The Morgan fingerprint density at radius 1 is 1.19 bits per heavy atom. The van der Waals surface area contributed by atoms with Crippen molar-refractivity contribution in [2.75, 3.05) is 5.32 Å². The highest BCUT2D eigenvalue weighted by Crippen LogP contribution is 2.65. The quantitative estimate of drug-likeness (QED) is 0.596. The maximum atomic E-state index is 13.3. The first-order valence-electron chi connectivity index (χ1n) is 10.8. The summed E-state index contributed by atoms with van der Waals surface area (Å²) in [6, 6.07) is 6.22. The van der Waals surface area contributed by atoms with E-state index >= 15 is 0 Å². The van der Waals surface area contributed by atoms with E-state index in [0.29, 0.717) is 29.6 Å². The van der Waals surface area contributed by atoms with Crippen LogP contribution in [-0.2, 0) is 10.3 Å². The van der Waals surface area contributed by atoms with Crippen LogP contribution in [0.3, 0.4) is 0 Å². The van der Waals surface area contributed by atoms with Crippen molar-refractivity contribution in [2.24, 2.45) is 17.3 Å². The van der Waals surface area contributed by atoms with Crippen LogP contribution in [0.4, 0.5) is 11.4 Å². The topological polar surface area (TPSA) is 122 Å². The maximum absolute atomic E-state index is 13.3. The number of aromatic nitrogens is 2. The first-order chi connectivity index (χ1) is 15.2. The summed E-state index contributed by atoms with van der Waals surface area (Å²) < 4.78 is 1.50. The number of nitrogens with zero attached hydrogens (tertiary/aromatic N) is 2. The second-order valence-electron chi connectivity index (χ2n) is 9.86. The van der Waals surface area contributed by atoms with Gasteiger partial charge in [0.15, 0.2) is 0 Å². The summed E-state index contributed by atoms with van der Waals surface area (Å²) in [6.45, 7) is 0. The van der Waals surface area contributed by atoms with Gasteiger partial charge in [-0.1, -0.05) is 17.7 Å². The van der Waals surface area contributed by atoms with Crippen LogP contribution in [0.25, 0.3) is 0 Å². The van der Waals surface area contributed by atoms with Gasteiger partial charge in [0.2, 0.25) is 0 Å². The number of hydrogen-bond acceptors (Lipinski definition) is 5. The lowest BCUT2D eigenvalue weighted by Crippen LogP contribution is -2.59. The molecule has 8 nitrogen and oxygen atoms in total. The predicted octanol–water partition coefficient (Wildman–Crippen LogP) is 4.11. The average Bonchev–Trinajstić information content (AvgIpc) is 2.69. The number of carbonyl (C=O) groups is 2. The molecule has 2 atom stereocenters. The van der Waals surface area contributed by atoms with Gasteiger partial charge in [0.1, 0.15) is 5.02 Å². The summed E-state index contributed by atoms with van der Waals surface area (Å²) in [7, 11) is 0. The zero-order valence-electron chi connectivity index (χ0n) is 17.4. The van der Waals surface area contributed by atoms with E-state index in [-0.39, 0.29) is 22.4 Å². The number of carboxylic acid groups (broad SMARTS) is 2. The van der Waals surface area contributed by atoms with Gasteiger partial charge < -0.3 is 15.5 Å². The molecule has 4 aliphatic carbocycles. The molecule has 168 valence electrons. The fourth-order valence-electron chi connectivity index (χ4n) is 6.92. The predicted molar refractivity (Wildman–Crippen MR) is 118 cm³/mol.